The Hall–Kier alpha value is -1.44. The smallest absolute Gasteiger partial charge is 0.131 e. The zero-order valence-electron chi connectivity index (χ0n) is 9.14. The van der Waals surface area contributed by atoms with Crippen LogP contribution in [0.1, 0.15) is 26.3 Å². The van der Waals surface area contributed by atoms with Gasteiger partial charge in [0.2, 0.25) is 0 Å². The number of halogens is 2. The lowest BCUT2D eigenvalue weighted by Crippen LogP contribution is -1.90. The molecule has 2 heteroatoms. The highest BCUT2D eigenvalue weighted by Crippen LogP contribution is 2.21. The maximum atomic E-state index is 13.4. The van der Waals surface area contributed by atoms with E-state index in [2.05, 4.69) is 0 Å². The topological polar surface area (TPSA) is 0 Å². The Bertz CT molecular complexity index is 411. The monoisotopic (exact) mass is 208 g/mol. The number of hydrogen-bond donors (Lipinski definition) is 0. The molecule has 0 saturated heterocycles. The van der Waals surface area contributed by atoms with Gasteiger partial charge in [-0.1, -0.05) is 17.7 Å². The summed E-state index contributed by atoms with van der Waals surface area (Å²) in [5, 5.41) is 0. The number of benzene rings is 1. The quantitative estimate of drug-likeness (QED) is 0.634. The fourth-order valence-electron chi connectivity index (χ4n) is 1.35. The van der Waals surface area contributed by atoms with Gasteiger partial charge in [0.25, 0.3) is 0 Å². The van der Waals surface area contributed by atoms with Gasteiger partial charge in [-0.25, -0.2) is 8.78 Å². The predicted octanol–water partition coefficient (Wildman–Crippen LogP) is 4.33. The molecule has 15 heavy (non-hydrogen) atoms. The van der Waals surface area contributed by atoms with Crippen molar-refractivity contribution in [2.45, 2.75) is 20.8 Å². The second-order valence-corrected chi connectivity index (χ2v) is 3.59. The molecule has 0 heterocycles. The van der Waals surface area contributed by atoms with Gasteiger partial charge in [-0.2, -0.15) is 0 Å². The fraction of sp³-hybridized carbons (Fsp3) is 0.231. The average Bonchev–Trinajstić information content (AvgIpc) is 2.18. The Morgan fingerprint density at radius 3 is 2.40 bits per heavy atom. The van der Waals surface area contributed by atoms with Crippen LogP contribution in [0.25, 0.3) is 5.57 Å². The van der Waals surface area contributed by atoms with Crippen molar-refractivity contribution in [3.63, 3.8) is 0 Å². The summed E-state index contributed by atoms with van der Waals surface area (Å²) in [5.74, 6) is -0.824. The second-order valence-electron chi connectivity index (χ2n) is 3.59. The van der Waals surface area contributed by atoms with Crippen molar-refractivity contribution in [2.24, 2.45) is 0 Å². The third-order valence-corrected chi connectivity index (χ3v) is 1.99. The van der Waals surface area contributed by atoms with Crippen molar-refractivity contribution < 1.29 is 8.78 Å². The second kappa shape index (κ2) is 4.87. The average molecular weight is 208 g/mol. The first-order chi connectivity index (χ1) is 7.04. The van der Waals surface area contributed by atoms with Crippen molar-refractivity contribution in [1.29, 1.82) is 0 Å². The largest absolute Gasteiger partial charge is 0.207 e. The highest BCUT2D eigenvalue weighted by Gasteiger charge is 2.06. The van der Waals surface area contributed by atoms with Crippen LogP contribution in [0.5, 0.6) is 0 Å². The molecule has 0 aromatic heterocycles. The molecular weight excluding hydrogens is 194 g/mol. The Kier molecular flexibility index (Phi) is 3.78. The molecule has 0 saturated carbocycles. The minimum Gasteiger partial charge on any atom is -0.207 e. The van der Waals surface area contributed by atoms with Crippen LogP contribution in [0.15, 0.2) is 35.9 Å². The first-order valence-electron chi connectivity index (χ1n) is 4.81. The Balaban J connectivity index is 3.25. The van der Waals surface area contributed by atoms with Crippen LogP contribution in [-0.2, 0) is 0 Å². The molecule has 0 aliphatic rings. The predicted molar refractivity (Wildman–Crippen MR) is 59.4 cm³/mol. The van der Waals surface area contributed by atoms with E-state index in [1.807, 2.05) is 19.9 Å². The van der Waals surface area contributed by atoms with Crippen LogP contribution in [0.3, 0.4) is 0 Å². The lowest BCUT2D eigenvalue weighted by molar-refractivity contribution is 0.597. The molecule has 1 aromatic rings. The van der Waals surface area contributed by atoms with Gasteiger partial charge in [0.15, 0.2) is 0 Å². The van der Waals surface area contributed by atoms with E-state index in [0.717, 1.165) is 17.7 Å². The van der Waals surface area contributed by atoms with E-state index in [1.54, 1.807) is 13.0 Å². The summed E-state index contributed by atoms with van der Waals surface area (Å²) < 4.78 is 26.4. The molecule has 1 rings (SSSR count). The normalized spacial score (nSPS) is 11.4. The van der Waals surface area contributed by atoms with E-state index in [0.29, 0.717) is 11.1 Å². The standard InChI is InChI=1S/C13H14F2/c1-4-10(7-9(2)3)12-8-11(14)5-6-13(12)15/h4-8H,1-3H3/b10-4+. The number of hydrogen-bond acceptors (Lipinski definition) is 0. The maximum absolute atomic E-state index is 13.4. The molecule has 0 nitrogen and oxygen atoms in total. The minimum atomic E-state index is -0.423. The molecular formula is C13H14F2. The minimum absolute atomic E-state index is 0.304. The number of allylic oxidation sites excluding steroid dienone is 4. The van der Waals surface area contributed by atoms with E-state index >= 15 is 0 Å². The molecule has 0 atom stereocenters. The lowest BCUT2D eigenvalue weighted by atomic mass is 10.0. The Morgan fingerprint density at radius 1 is 1.20 bits per heavy atom. The summed E-state index contributed by atoms with van der Waals surface area (Å²) in [5.41, 5.74) is 2.05. The first-order valence-corrected chi connectivity index (χ1v) is 4.81. The number of rotatable bonds is 2. The van der Waals surface area contributed by atoms with Gasteiger partial charge in [0.1, 0.15) is 11.6 Å². The third-order valence-electron chi connectivity index (χ3n) is 1.99. The van der Waals surface area contributed by atoms with Crippen molar-refractivity contribution in [1.82, 2.24) is 0 Å². The zero-order chi connectivity index (χ0) is 11.4. The van der Waals surface area contributed by atoms with E-state index in [4.69, 9.17) is 0 Å². The molecule has 0 aliphatic heterocycles. The van der Waals surface area contributed by atoms with Crippen LogP contribution >= 0.6 is 0 Å². The molecule has 0 amide bonds. The van der Waals surface area contributed by atoms with E-state index in [1.165, 1.54) is 6.07 Å². The molecule has 80 valence electrons. The zero-order valence-corrected chi connectivity index (χ0v) is 9.14. The van der Waals surface area contributed by atoms with Crippen molar-refractivity contribution >= 4 is 5.57 Å². The summed E-state index contributed by atoms with van der Waals surface area (Å²) >= 11 is 0. The third kappa shape index (κ3) is 3.01. The van der Waals surface area contributed by atoms with Gasteiger partial charge in [-0.05, 0) is 44.5 Å². The molecule has 1 aromatic carbocycles. The van der Waals surface area contributed by atoms with Gasteiger partial charge in [0.05, 0.1) is 0 Å². The summed E-state index contributed by atoms with van der Waals surface area (Å²) in [6, 6.07) is 3.48. The van der Waals surface area contributed by atoms with Crippen LogP contribution in [0.4, 0.5) is 8.78 Å². The molecule has 0 N–H and O–H groups in total. The summed E-state index contributed by atoms with van der Waals surface area (Å²) in [4.78, 5) is 0. The SMILES string of the molecule is C/C=C(\C=C(C)C)c1cc(F)ccc1F. The fourth-order valence-corrected chi connectivity index (χ4v) is 1.35. The molecule has 0 radical (unpaired) electrons. The van der Waals surface area contributed by atoms with Gasteiger partial charge < -0.3 is 0 Å². The summed E-state index contributed by atoms with van der Waals surface area (Å²) in [6.45, 7) is 5.64. The van der Waals surface area contributed by atoms with Gasteiger partial charge in [-0.15, -0.1) is 0 Å². The summed E-state index contributed by atoms with van der Waals surface area (Å²) in [7, 11) is 0. The van der Waals surface area contributed by atoms with E-state index in [-0.39, 0.29) is 0 Å². The van der Waals surface area contributed by atoms with Crippen LogP contribution < -0.4 is 0 Å². The van der Waals surface area contributed by atoms with Crippen LogP contribution in [0, 0.1) is 11.6 Å². The Morgan fingerprint density at radius 2 is 1.87 bits per heavy atom. The maximum Gasteiger partial charge on any atom is 0.131 e. The van der Waals surface area contributed by atoms with Gasteiger partial charge in [-0.3, -0.25) is 0 Å². The summed E-state index contributed by atoms with van der Waals surface area (Å²) in [6.07, 6.45) is 3.60. The van der Waals surface area contributed by atoms with Crippen molar-refractivity contribution in [3.8, 4) is 0 Å². The van der Waals surface area contributed by atoms with Gasteiger partial charge in [0, 0.05) is 5.56 Å². The molecule has 0 fully saturated rings. The van der Waals surface area contributed by atoms with Crippen molar-refractivity contribution in [3.05, 3.63) is 53.1 Å². The Labute approximate surface area is 88.9 Å². The van der Waals surface area contributed by atoms with Crippen LogP contribution in [0.2, 0.25) is 0 Å². The molecule has 0 bridgehead atoms. The molecule has 0 unspecified atom stereocenters. The van der Waals surface area contributed by atoms with Crippen LogP contribution in [-0.4, -0.2) is 0 Å². The van der Waals surface area contributed by atoms with Gasteiger partial charge >= 0.3 is 0 Å². The van der Waals surface area contributed by atoms with E-state index in [9.17, 15) is 8.78 Å². The first kappa shape index (κ1) is 11.6. The lowest BCUT2D eigenvalue weighted by Gasteiger charge is -2.05. The highest BCUT2D eigenvalue weighted by atomic mass is 19.1. The molecule has 0 spiro atoms. The van der Waals surface area contributed by atoms with Crippen molar-refractivity contribution in [2.75, 3.05) is 0 Å². The molecule has 0 aliphatic carbocycles. The highest BCUT2D eigenvalue weighted by molar-refractivity contribution is 5.74. The van der Waals surface area contributed by atoms with E-state index < -0.39 is 11.6 Å².